The number of nitrogens with one attached hydrogen (secondary N) is 2. The SMILES string of the molecule is CC(=O)NCc1ccnc(-n2[nH]cc(-c3cccnc3)c2=O)c1.Cl. The maximum atomic E-state index is 12.5. The van der Waals surface area contributed by atoms with Crippen LogP contribution in [0.5, 0.6) is 0 Å². The van der Waals surface area contributed by atoms with Crippen LogP contribution < -0.4 is 10.9 Å². The molecule has 0 saturated heterocycles. The molecule has 1 amide bonds. The molecular formula is C16H16ClN5O2. The van der Waals surface area contributed by atoms with E-state index in [-0.39, 0.29) is 23.9 Å². The van der Waals surface area contributed by atoms with Crippen LogP contribution in [0.1, 0.15) is 12.5 Å². The zero-order valence-electron chi connectivity index (χ0n) is 12.9. The number of hydrogen-bond donors (Lipinski definition) is 2. The molecule has 0 spiro atoms. The molecule has 3 rings (SSSR count). The van der Waals surface area contributed by atoms with E-state index < -0.39 is 0 Å². The molecule has 3 aromatic rings. The summed E-state index contributed by atoms with van der Waals surface area (Å²) in [6.07, 6.45) is 6.52. The summed E-state index contributed by atoms with van der Waals surface area (Å²) < 4.78 is 1.36. The Morgan fingerprint density at radius 2 is 2.17 bits per heavy atom. The van der Waals surface area contributed by atoms with Crippen molar-refractivity contribution >= 4 is 18.3 Å². The minimum atomic E-state index is -0.206. The zero-order valence-corrected chi connectivity index (χ0v) is 13.7. The third-order valence-electron chi connectivity index (χ3n) is 3.32. The van der Waals surface area contributed by atoms with E-state index in [1.807, 2.05) is 6.07 Å². The molecular weight excluding hydrogens is 330 g/mol. The Labute approximate surface area is 144 Å². The first kappa shape index (κ1) is 17.4. The molecule has 0 radical (unpaired) electrons. The molecule has 8 heteroatoms. The highest BCUT2D eigenvalue weighted by molar-refractivity contribution is 5.85. The molecule has 3 aromatic heterocycles. The van der Waals surface area contributed by atoms with Crippen molar-refractivity contribution in [3.63, 3.8) is 0 Å². The van der Waals surface area contributed by atoms with Gasteiger partial charge in [0.2, 0.25) is 5.91 Å². The van der Waals surface area contributed by atoms with Gasteiger partial charge in [0.05, 0.1) is 5.56 Å². The molecule has 0 saturated carbocycles. The lowest BCUT2D eigenvalue weighted by molar-refractivity contribution is -0.119. The molecule has 0 unspecified atom stereocenters. The summed E-state index contributed by atoms with van der Waals surface area (Å²) in [6, 6.07) is 7.14. The molecule has 0 aliphatic heterocycles. The second-order valence-corrected chi connectivity index (χ2v) is 5.00. The van der Waals surface area contributed by atoms with Crippen molar-refractivity contribution in [1.29, 1.82) is 0 Å². The Morgan fingerprint density at radius 1 is 1.33 bits per heavy atom. The van der Waals surface area contributed by atoms with E-state index in [2.05, 4.69) is 20.4 Å². The molecule has 0 bridgehead atoms. The number of rotatable bonds is 4. The quantitative estimate of drug-likeness (QED) is 0.752. The predicted octanol–water partition coefficient (Wildman–Crippen LogP) is 1.68. The van der Waals surface area contributed by atoms with Gasteiger partial charge < -0.3 is 5.32 Å². The number of halogens is 1. The fourth-order valence-electron chi connectivity index (χ4n) is 2.19. The molecule has 0 fully saturated rings. The van der Waals surface area contributed by atoms with Crippen molar-refractivity contribution in [2.24, 2.45) is 0 Å². The van der Waals surface area contributed by atoms with Gasteiger partial charge in [-0.05, 0) is 23.8 Å². The smallest absolute Gasteiger partial charge is 0.280 e. The summed E-state index contributed by atoms with van der Waals surface area (Å²) in [7, 11) is 0. The van der Waals surface area contributed by atoms with Gasteiger partial charge in [-0.2, -0.15) is 0 Å². The lowest BCUT2D eigenvalue weighted by Crippen LogP contribution is -2.20. The van der Waals surface area contributed by atoms with Crippen molar-refractivity contribution in [3.8, 4) is 16.9 Å². The lowest BCUT2D eigenvalue weighted by Gasteiger charge is -2.05. The van der Waals surface area contributed by atoms with E-state index in [1.54, 1.807) is 43.0 Å². The topological polar surface area (TPSA) is 92.7 Å². The van der Waals surface area contributed by atoms with Crippen LogP contribution in [-0.4, -0.2) is 25.7 Å². The standard InChI is InChI=1S/C16H15N5O2.ClH/c1-11(22)19-8-12-4-6-18-15(7-12)21-16(23)14(10-20-21)13-3-2-5-17-9-13;/h2-7,9-10,20H,8H2,1H3,(H,19,22);1H. The van der Waals surface area contributed by atoms with Gasteiger partial charge in [0.25, 0.3) is 5.56 Å². The summed E-state index contributed by atoms with van der Waals surface area (Å²) >= 11 is 0. The zero-order chi connectivity index (χ0) is 16.2. The first-order valence-electron chi connectivity index (χ1n) is 7.06. The number of hydrogen-bond acceptors (Lipinski definition) is 4. The minimum Gasteiger partial charge on any atom is -0.352 e. The number of H-pyrrole nitrogens is 1. The van der Waals surface area contributed by atoms with Crippen LogP contribution in [0.3, 0.4) is 0 Å². The lowest BCUT2D eigenvalue weighted by atomic mass is 10.2. The Morgan fingerprint density at radius 3 is 2.88 bits per heavy atom. The first-order chi connectivity index (χ1) is 11.1. The highest BCUT2D eigenvalue weighted by Crippen LogP contribution is 2.13. The fourth-order valence-corrected chi connectivity index (χ4v) is 2.19. The van der Waals surface area contributed by atoms with Crippen LogP contribution in [0.15, 0.2) is 53.8 Å². The first-order valence-corrected chi connectivity index (χ1v) is 7.06. The predicted molar refractivity (Wildman–Crippen MR) is 92.2 cm³/mol. The van der Waals surface area contributed by atoms with E-state index in [0.29, 0.717) is 17.9 Å². The van der Waals surface area contributed by atoms with Crippen LogP contribution in [-0.2, 0) is 11.3 Å². The van der Waals surface area contributed by atoms with Gasteiger partial charge in [-0.25, -0.2) is 9.67 Å². The average Bonchev–Trinajstić information content (AvgIpc) is 2.95. The van der Waals surface area contributed by atoms with Crippen molar-refractivity contribution in [3.05, 3.63) is 65.0 Å². The number of aromatic nitrogens is 4. The van der Waals surface area contributed by atoms with Gasteiger partial charge in [-0.3, -0.25) is 19.7 Å². The second-order valence-electron chi connectivity index (χ2n) is 5.00. The van der Waals surface area contributed by atoms with Crippen LogP contribution >= 0.6 is 12.4 Å². The second kappa shape index (κ2) is 7.56. The van der Waals surface area contributed by atoms with E-state index in [0.717, 1.165) is 11.1 Å². The highest BCUT2D eigenvalue weighted by atomic mass is 35.5. The molecule has 0 aliphatic carbocycles. The highest BCUT2D eigenvalue weighted by Gasteiger charge is 2.11. The maximum absolute atomic E-state index is 12.5. The summed E-state index contributed by atoms with van der Waals surface area (Å²) in [6.45, 7) is 1.84. The summed E-state index contributed by atoms with van der Waals surface area (Å²) in [5.41, 5.74) is 1.91. The van der Waals surface area contributed by atoms with E-state index in [1.165, 1.54) is 11.6 Å². The summed E-state index contributed by atoms with van der Waals surface area (Å²) in [5.74, 6) is 0.354. The molecule has 2 N–H and O–H groups in total. The number of carbonyl (C=O) groups excluding carboxylic acids is 1. The Kier molecular flexibility index (Phi) is 5.49. The Balaban J connectivity index is 0.00000208. The van der Waals surface area contributed by atoms with Gasteiger partial charge in [-0.1, -0.05) is 6.07 Å². The van der Waals surface area contributed by atoms with Gasteiger partial charge >= 0.3 is 0 Å². The minimum absolute atomic E-state index is 0. The molecule has 124 valence electrons. The van der Waals surface area contributed by atoms with Gasteiger partial charge in [-0.15, -0.1) is 12.4 Å². The number of aromatic amines is 1. The third kappa shape index (κ3) is 3.69. The van der Waals surface area contributed by atoms with Crippen molar-refractivity contribution in [1.82, 2.24) is 25.1 Å². The van der Waals surface area contributed by atoms with Gasteiger partial charge in [0.15, 0.2) is 5.82 Å². The molecule has 0 aliphatic rings. The van der Waals surface area contributed by atoms with Crippen molar-refractivity contribution in [2.45, 2.75) is 13.5 Å². The van der Waals surface area contributed by atoms with Crippen LogP contribution in [0.4, 0.5) is 0 Å². The van der Waals surface area contributed by atoms with Gasteiger partial charge in [0, 0.05) is 43.8 Å². The third-order valence-corrected chi connectivity index (χ3v) is 3.32. The molecule has 0 atom stereocenters. The molecule has 3 heterocycles. The molecule has 7 nitrogen and oxygen atoms in total. The molecule has 0 aromatic carbocycles. The van der Waals surface area contributed by atoms with E-state index in [4.69, 9.17) is 0 Å². The monoisotopic (exact) mass is 345 g/mol. The average molecular weight is 346 g/mol. The van der Waals surface area contributed by atoms with Crippen LogP contribution in [0.25, 0.3) is 16.9 Å². The van der Waals surface area contributed by atoms with Gasteiger partial charge in [0.1, 0.15) is 0 Å². The Bertz CT molecular complexity index is 889. The van der Waals surface area contributed by atoms with Crippen molar-refractivity contribution in [2.75, 3.05) is 0 Å². The van der Waals surface area contributed by atoms with E-state index >= 15 is 0 Å². The van der Waals surface area contributed by atoms with Crippen LogP contribution in [0, 0.1) is 0 Å². The van der Waals surface area contributed by atoms with E-state index in [9.17, 15) is 9.59 Å². The number of carbonyl (C=O) groups is 1. The fraction of sp³-hybridized carbons (Fsp3) is 0.125. The van der Waals surface area contributed by atoms with Crippen molar-refractivity contribution < 1.29 is 4.79 Å². The largest absolute Gasteiger partial charge is 0.352 e. The Hall–Kier alpha value is -2.93. The maximum Gasteiger partial charge on any atom is 0.280 e. The normalized spacial score (nSPS) is 10.0. The summed E-state index contributed by atoms with van der Waals surface area (Å²) in [4.78, 5) is 31.8. The number of amides is 1. The summed E-state index contributed by atoms with van der Waals surface area (Å²) in [5, 5.41) is 5.62. The molecule has 24 heavy (non-hydrogen) atoms. The number of nitrogens with zero attached hydrogens (tertiary/aromatic N) is 3. The number of pyridine rings is 2. The van der Waals surface area contributed by atoms with Crippen LogP contribution in [0.2, 0.25) is 0 Å².